The Kier molecular flexibility index (Phi) is 1.63. The number of halogens is 1. The number of hydrogen-bond donors (Lipinski definition) is 0. The fourth-order valence-corrected chi connectivity index (χ4v) is 4.09. The first-order chi connectivity index (χ1) is 7.66. The summed E-state index contributed by atoms with van der Waals surface area (Å²) in [6.07, 6.45) is 9.10. The Labute approximate surface area is 108 Å². The molecule has 0 atom stereocenters. The van der Waals surface area contributed by atoms with Crippen molar-refractivity contribution in [2.24, 2.45) is 5.41 Å². The van der Waals surface area contributed by atoms with Crippen molar-refractivity contribution >= 4 is 28.9 Å². The van der Waals surface area contributed by atoms with Crippen LogP contribution in [0.4, 0.5) is 0 Å². The fourth-order valence-electron chi connectivity index (χ4n) is 3.57. The van der Waals surface area contributed by atoms with Gasteiger partial charge in [-0.2, -0.15) is 0 Å². The summed E-state index contributed by atoms with van der Waals surface area (Å²) in [6, 6.07) is 0. The molecule has 0 aromatic carbocycles. The van der Waals surface area contributed by atoms with Gasteiger partial charge in [0.05, 0.1) is 0 Å². The molecule has 3 nitrogen and oxygen atoms in total. The Balaban J connectivity index is 1.71. The van der Waals surface area contributed by atoms with E-state index in [-0.39, 0.29) is 11.0 Å². The Bertz CT molecular complexity index is 469. The van der Waals surface area contributed by atoms with Gasteiger partial charge in [-0.05, 0) is 54.7 Å². The molecule has 16 heavy (non-hydrogen) atoms. The average Bonchev–Trinajstić information content (AvgIpc) is 2.88. The fraction of sp³-hybridized carbons (Fsp3) is 0.667. The first-order valence-corrected chi connectivity index (χ1v) is 6.96. The predicted molar refractivity (Wildman–Crippen MR) is 67.2 cm³/mol. The third kappa shape index (κ3) is 1.04. The van der Waals surface area contributed by atoms with Crippen molar-refractivity contribution < 1.29 is 4.79 Å². The molecule has 0 radical (unpaired) electrons. The molecular formula is C12H13IN2O. The van der Waals surface area contributed by atoms with Gasteiger partial charge in [-0.3, -0.25) is 0 Å². The van der Waals surface area contributed by atoms with Gasteiger partial charge in [0.25, 0.3) is 0 Å². The normalized spacial score (nSPS) is 40.1. The summed E-state index contributed by atoms with van der Waals surface area (Å²) < 4.78 is 3.50. The SMILES string of the molecule is O=CC12CC(n3cc(I)nc3C3CC3)(C1)C2. The number of imidazole rings is 1. The number of carbonyl (C=O) groups is 1. The molecule has 1 aromatic heterocycles. The lowest BCUT2D eigenvalue weighted by atomic mass is 9.40. The van der Waals surface area contributed by atoms with Crippen LogP contribution in [-0.4, -0.2) is 15.8 Å². The average molecular weight is 328 g/mol. The third-order valence-electron chi connectivity index (χ3n) is 4.45. The van der Waals surface area contributed by atoms with Crippen molar-refractivity contribution in [1.82, 2.24) is 9.55 Å². The molecule has 1 aromatic rings. The highest BCUT2D eigenvalue weighted by atomic mass is 127. The maximum absolute atomic E-state index is 10.9. The van der Waals surface area contributed by atoms with E-state index in [0.717, 1.165) is 23.0 Å². The molecule has 4 aliphatic carbocycles. The third-order valence-corrected chi connectivity index (χ3v) is 4.97. The van der Waals surface area contributed by atoms with E-state index >= 15 is 0 Å². The summed E-state index contributed by atoms with van der Waals surface area (Å²) in [5, 5.41) is 0. The first kappa shape index (κ1) is 9.62. The second-order valence-electron chi connectivity index (χ2n) is 5.80. The van der Waals surface area contributed by atoms with Gasteiger partial charge in [0, 0.05) is 23.1 Å². The molecule has 1 heterocycles. The highest BCUT2D eigenvalue weighted by Crippen LogP contribution is 2.71. The summed E-state index contributed by atoms with van der Waals surface area (Å²) >= 11 is 2.30. The van der Waals surface area contributed by atoms with Crippen LogP contribution in [0.5, 0.6) is 0 Å². The van der Waals surface area contributed by atoms with E-state index in [1.54, 1.807) is 0 Å². The molecule has 4 aliphatic rings. The largest absolute Gasteiger partial charge is 0.327 e. The van der Waals surface area contributed by atoms with E-state index in [0.29, 0.717) is 5.92 Å². The van der Waals surface area contributed by atoms with E-state index in [1.165, 1.54) is 25.0 Å². The zero-order valence-electron chi connectivity index (χ0n) is 8.95. The van der Waals surface area contributed by atoms with Crippen LogP contribution in [0, 0.1) is 9.12 Å². The number of rotatable bonds is 3. The van der Waals surface area contributed by atoms with Crippen LogP contribution in [0.3, 0.4) is 0 Å². The highest BCUT2D eigenvalue weighted by molar-refractivity contribution is 14.1. The van der Waals surface area contributed by atoms with Crippen LogP contribution in [0.25, 0.3) is 0 Å². The van der Waals surface area contributed by atoms with Crippen molar-refractivity contribution in [2.75, 3.05) is 0 Å². The van der Waals surface area contributed by atoms with Crippen molar-refractivity contribution in [3.63, 3.8) is 0 Å². The van der Waals surface area contributed by atoms with Crippen LogP contribution >= 0.6 is 22.6 Å². The number of hydrogen-bond acceptors (Lipinski definition) is 2. The van der Waals surface area contributed by atoms with E-state index in [4.69, 9.17) is 0 Å². The van der Waals surface area contributed by atoms with Gasteiger partial charge in [-0.1, -0.05) is 0 Å². The Morgan fingerprint density at radius 1 is 1.44 bits per heavy atom. The zero-order valence-corrected chi connectivity index (χ0v) is 11.1. The first-order valence-electron chi connectivity index (χ1n) is 5.88. The lowest BCUT2D eigenvalue weighted by Gasteiger charge is -2.68. The van der Waals surface area contributed by atoms with Crippen LogP contribution in [0.15, 0.2) is 6.20 Å². The molecule has 0 amide bonds. The lowest BCUT2D eigenvalue weighted by molar-refractivity contribution is -0.183. The van der Waals surface area contributed by atoms with Gasteiger partial charge in [0.15, 0.2) is 0 Å². The summed E-state index contributed by atoms with van der Waals surface area (Å²) in [5.41, 5.74) is 0.325. The summed E-state index contributed by atoms with van der Waals surface area (Å²) in [6.45, 7) is 0. The molecule has 4 heteroatoms. The van der Waals surface area contributed by atoms with Crippen LogP contribution in [0.1, 0.15) is 43.8 Å². The Hall–Kier alpha value is -0.390. The minimum Gasteiger partial charge on any atom is -0.327 e. The molecule has 84 valence electrons. The molecular weight excluding hydrogens is 315 g/mol. The van der Waals surface area contributed by atoms with Gasteiger partial charge >= 0.3 is 0 Å². The van der Waals surface area contributed by atoms with E-state index in [2.05, 4.69) is 38.3 Å². The molecule has 4 saturated carbocycles. The summed E-state index contributed by atoms with van der Waals surface area (Å²) in [7, 11) is 0. The van der Waals surface area contributed by atoms with E-state index in [9.17, 15) is 4.79 Å². The van der Waals surface area contributed by atoms with Gasteiger partial charge in [0.2, 0.25) is 0 Å². The maximum Gasteiger partial charge on any atom is 0.126 e. The zero-order chi connectivity index (χ0) is 11.0. The molecule has 5 rings (SSSR count). The topological polar surface area (TPSA) is 34.9 Å². The van der Waals surface area contributed by atoms with Crippen molar-refractivity contribution in [1.29, 1.82) is 0 Å². The molecule has 2 bridgehead atoms. The standard InChI is InChI=1S/C12H13IN2O/c13-9-3-15(10(14-9)8-1-2-8)12-4-11(5-12,6-12)7-16/h3,7-8H,1-2,4-6H2. The van der Waals surface area contributed by atoms with E-state index < -0.39 is 0 Å². The van der Waals surface area contributed by atoms with Gasteiger partial charge in [0.1, 0.15) is 15.8 Å². The van der Waals surface area contributed by atoms with Crippen LogP contribution in [-0.2, 0) is 10.3 Å². The lowest BCUT2D eigenvalue weighted by Crippen LogP contribution is -2.68. The molecule has 0 aliphatic heterocycles. The number of nitrogens with zero attached hydrogens (tertiary/aromatic N) is 2. The quantitative estimate of drug-likeness (QED) is 0.631. The molecule has 0 N–H and O–H groups in total. The van der Waals surface area contributed by atoms with Gasteiger partial charge in [-0.25, -0.2) is 4.98 Å². The van der Waals surface area contributed by atoms with E-state index in [1.807, 2.05) is 0 Å². The Morgan fingerprint density at radius 2 is 2.12 bits per heavy atom. The highest BCUT2D eigenvalue weighted by Gasteiger charge is 2.69. The summed E-state index contributed by atoms with van der Waals surface area (Å²) in [5.74, 6) is 1.98. The number of aldehydes is 1. The molecule has 4 fully saturated rings. The minimum absolute atomic E-state index is 0.0521. The second kappa shape index (κ2) is 2.71. The molecule has 0 unspecified atom stereocenters. The van der Waals surface area contributed by atoms with Crippen molar-refractivity contribution in [3.8, 4) is 0 Å². The van der Waals surface area contributed by atoms with Crippen LogP contribution in [0.2, 0.25) is 0 Å². The maximum atomic E-state index is 10.9. The van der Waals surface area contributed by atoms with Crippen molar-refractivity contribution in [2.45, 2.75) is 43.6 Å². The van der Waals surface area contributed by atoms with Gasteiger partial charge in [-0.15, -0.1) is 0 Å². The smallest absolute Gasteiger partial charge is 0.126 e. The number of carbonyl (C=O) groups excluding carboxylic acids is 1. The molecule has 0 spiro atoms. The minimum atomic E-state index is 0.0521. The predicted octanol–water partition coefficient (Wildman–Crippen LogP) is 2.44. The second-order valence-corrected chi connectivity index (χ2v) is 6.91. The molecule has 0 saturated heterocycles. The van der Waals surface area contributed by atoms with Gasteiger partial charge < -0.3 is 9.36 Å². The summed E-state index contributed by atoms with van der Waals surface area (Å²) in [4.78, 5) is 15.6. The number of aromatic nitrogens is 2. The monoisotopic (exact) mass is 328 g/mol. The van der Waals surface area contributed by atoms with Crippen molar-refractivity contribution in [3.05, 3.63) is 15.7 Å². The Morgan fingerprint density at radius 3 is 2.69 bits per heavy atom. The van der Waals surface area contributed by atoms with Crippen LogP contribution < -0.4 is 0 Å².